The highest BCUT2D eigenvalue weighted by atomic mass is 35.5. The van der Waals surface area contributed by atoms with Crippen molar-refractivity contribution in [1.82, 2.24) is 5.43 Å². The van der Waals surface area contributed by atoms with Crippen LogP contribution < -0.4 is 10.7 Å². The smallest absolute Gasteiger partial charge is 0.240 e. The molecule has 23 heavy (non-hydrogen) atoms. The number of hydrogen-bond donors (Lipinski definition) is 2. The van der Waals surface area contributed by atoms with E-state index in [1.807, 2.05) is 30.3 Å². The molecule has 0 radical (unpaired) electrons. The van der Waals surface area contributed by atoms with Gasteiger partial charge in [-0.3, -0.25) is 9.59 Å². The molecule has 0 aromatic heterocycles. The molecule has 5 nitrogen and oxygen atoms in total. The first kappa shape index (κ1) is 16.7. The normalized spacial score (nSPS) is 10.5. The molecule has 118 valence electrons. The lowest BCUT2D eigenvalue weighted by atomic mass is 10.2. The van der Waals surface area contributed by atoms with Crippen LogP contribution >= 0.6 is 11.6 Å². The molecular formula is C17H16ClN3O2. The van der Waals surface area contributed by atoms with E-state index in [0.717, 1.165) is 0 Å². The van der Waals surface area contributed by atoms with Crippen molar-refractivity contribution in [3.8, 4) is 0 Å². The number of nitrogens with one attached hydrogen (secondary N) is 2. The van der Waals surface area contributed by atoms with E-state index < -0.39 is 0 Å². The molecule has 0 saturated carbocycles. The average Bonchev–Trinajstić information content (AvgIpc) is 2.56. The Hall–Kier alpha value is -2.66. The summed E-state index contributed by atoms with van der Waals surface area (Å²) in [5, 5.41) is 7.08. The second kappa shape index (κ2) is 8.70. The lowest BCUT2D eigenvalue weighted by molar-refractivity contribution is -0.124. The number of anilines is 1. The molecule has 6 heteroatoms. The van der Waals surface area contributed by atoms with Crippen molar-refractivity contribution in [2.45, 2.75) is 12.8 Å². The summed E-state index contributed by atoms with van der Waals surface area (Å²) in [4.78, 5) is 23.3. The zero-order chi connectivity index (χ0) is 16.5. The summed E-state index contributed by atoms with van der Waals surface area (Å²) in [6, 6.07) is 16.2. The highest BCUT2D eigenvalue weighted by Crippen LogP contribution is 2.12. The van der Waals surface area contributed by atoms with Crippen LogP contribution in [-0.4, -0.2) is 18.0 Å². The van der Waals surface area contributed by atoms with Gasteiger partial charge in [0.05, 0.1) is 6.21 Å². The topological polar surface area (TPSA) is 70.6 Å². The number of nitrogens with zero attached hydrogens (tertiary/aromatic N) is 1. The predicted octanol–water partition coefficient (Wildman–Crippen LogP) is 3.21. The molecule has 0 aliphatic heterocycles. The van der Waals surface area contributed by atoms with Crippen LogP contribution in [0.4, 0.5) is 5.69 Å². The molecule has 2 aromatic rings. The van der Waals surface area contributed by atoms with Crippen molar-refractivity contribution in [2.24, 2.45) is 5.10 Å². The number of amides is 2. The molecule has 2 rings (SSSR count). The number of hydrazone groups is 1. The first-order valence-corrected chi connectivity index (χ1v) is 7.44. The quantitative estimate of drug-likeness (QED) is 0.631. The Labute approximate surface area is 139 Å². The summed E-state index contributed by atoms with van der Waals surface area (Å²) >= 11 is 5.96. The lowest BCUT2D eigenvalue weighted by Crippen LogP contribution is -2.20. The number of hydrogen-bond acceptors (Lipinski definition) is 3. The van der Waals surface area contributed by atoms with E-state index in [-0.39, 0.29) is 24.7 Å². The summed E-state index contributed by atoms with van der Waals surface area (Å²) in [6.07, 6.45) is 1.60. The Morgan fingerprint density at radius 2 is 1.61 bits per heavy atom. The van der Waals surface area contributed by atoms with Crippen molar-refractivity contribution in [3.63, 3.8) is 0 Å². The van der Waals surface area contributed by atoms with E-state index in [2.05, 4.69) is 15.8 Å². The largest absolute Gasteiger partial charge is 0.326 e. The Kier molecular flexibility index (Phi) is 6.32. The molecule has 0 heterocycles. The molecule has 0 saturated heterocycles. The fourth-order valence-electron chi connectivity index (χ4n) is 1.78. The van der Waals surface area contributed by atoms with Gasteiger partial charge in [-0.2, -0.15) is 5.10 Å². The fourth-order valence-corrected chi connectivity index (χ4v) is 1.97. The molecule has 0 aliphatic carbocycles. The minimum absolute atomic E-state index is 0.0541. The molecular weight excluding hydrogens is 314 g/mol. The zero-order valence-electron chi connectivity index (χ0n) is 12.3. The highest BCUT2D eigenvalue weighted by molar-refractivity contribution is 6.33. The van der Waals surface area contributed by atoms with Crippen molar-refractivity contribution in [2.75, 3.05) is 5.32 Å². The van der Waals surface area contributed by atoms with Gasteiger partial charge in [0.2, 0.25) is 11.8 Å². The molecule has 0 unspecified atom stereocenters. The predicted molar refractivity (Wildman–Crippen MR) is 91.5 cm³/mol. The highest BCUT2D eigenvalue weighted by Gasteiger charge is 2.06. The van der Waals surface area contributed by atoms with E-state index >= 15 is 0 Å². The zero-order valence-corrected chi connectivity index (χ0v) is 13.1. The molecule has 0 fully saturated rings. The molecule has 0 spiro atoms. The van der Waals surface area contributed by atoms with Crippen molar-refractivity contribution >= 4 is 35.3 Å². The summed E-state index contributed by atoms with van der Waals surface area (Å²) in [6.45, 7) is 0. The van der Waals surface area contributed by atoms with Gasteiger partial charge in [0.25, 0.3) is 0 Å². The van der Waals surface area contributed by atoms with Crippen molar-refractivity contribution in [3.05, 3.63) is 65.2 Å². The maximum atomic E-state index is 11.7. The Morgan fingerprint density at radius 3 is 2.35 bits per heavy atom. The standard InChI is InChI=1S/C17H16ClN3O2/c18-15-9-5-4-6-13(15)12-19-21-17(23)11-10-16(22)20-14-7-2-1-3-8-14/h1-9,12H,10-11H2,(H,20,22)(H,21,23)/b19-12+. The maximum Gasteiger partial charge on any atom is 0.240 e. The minimum Gasteiger partial charge on any atom is -0.326 e. The van der Waals surface area contributed by atoms with Crippen molar-refractivity contribution < 1.29 is 9.59 Å². The van der Waals surface area contributed by atoms with Crippen LogP contribution in [0.1, 0.15) is 18.4 Å². The average molecular weight is 330 g/mol. The number of halogens is 1. The molecule has 2 N–H and O–H groups in total. The van der Waals surface area contributed by atoms with Gasteiger partial charge in [0.15, 0.2) is 0 Å². The second-order valence-corrected chi connectivity index (χ2v) is 5.14. The maximum absolute atomic E-state index is 11.7. The SMILES string of the molecule is O=C(CCC(=O)Nc1ccccc1)N/N=C/c1ccccc1Cl. The number of para-hydroxylation sites is 1. The Morgan fingerprint density at radius 1 is 0.957 bits per heavy atom. The van der Waals surface area contributed by atoms with Gasteiger partial charge in [-0.25, -0.2) is 5.43 Å². The lowest BCUT2D eigenvalue weighted by Gasteiger charge is -2.04. The van der Waals surface area contributed by atoms with E-state index in [1.165, 1.54) is 6.21 Å². The minimum atomic E-state index is -0.337. The van der Waals surface area contributed by atoms with Crippen LogP contribution in [0.3, 0.4) is 0 Å². The monoisotopic (exact) mass is 329 g/mol. The molecule has 0 bridgehead atoms. The van der Waals surface area contributed by atoms with Gasteiger partial charge in [0.1, 0.15) is 0 Å². The summed E-state index contributed by atoms with van der Waals surface area (Å²) < 4.78 is 0. The Balaban J connectivity index is 1.73. The third-order valence-electron chi connectivity index (χ3n) is 2.93. The first-order chi connectivity index (χ1) is 11.1. The molecule has 0 atom stereocenters. The molecule has 2 amide bonds. The number of benzene rings is 2. The first-order valence-electron chi connectivity index (χ1n) is 7.06. The van der Waals surface area contributed by atoms with Gasteiger partial charge in [0, 0.05) is 29.1 Å². The molecule has 2 aromatic carbocycles. The number of rotatable bonds is 6. The van der Waals surface area contributed by atoms with Crippen molar-refractivity contribution in [1.29, 1.82) is 0 Å². The Bertz CT molecular complexity index is 702. The van der Waals surface area contributed by atoms with Gasteiger partial charge in [-0.15, -0.1) is 0 Å². The van der Waals surface area contributed by atoms with E-state index in [4.69, 9.17) is 11.6 Å². The van der Waals surface area contributed by atoms with Crippen LogP contribution in [0.5, 0.6) is 0 Å². The van der Waals surface area contributed by atoms with Gasteiger partial charge >= 0.3 is 0 Å². The number of carbonyl (C=O) groups is 2. The van der Waals surface area contributed by atoms with Crippen LogP contribution in [0.25, 0.3) is 0 Å². The summed E-state index contributed by atoms with van der Waals surface area (Å²) in [7, 11) is 0. The fraction of sp³-hybridized carbons (Fsp3) is 0.118. The molecule has 0 aliphatic rings. The van der Waals surface area contributed by atoms with Crippen LogP contribution in [0.15, 0.2) is 59.7 Å². The van der Waals surface area contributed by atoms with Crippen LogP contribution in [-0.2, 0) is 9.59 Å². The number of carbonyl (C=O) groups excluding carboxylic acids is 2. The summed E-state index contributed by atoms with van der Waals surface area (Å²) in [5.41, 5.74) is 3.78. The van der Waals surface area contributed by atoms with E-state index in [1.54, 1.807) is 24.3 Å². The van der Waals surface area contributed by atoms with Gasteiger partial charge in [-0.1, -0.05) is 48.0 Å². The third kappa shape index (κ3) is 5.92. The van der Waals surface area contributed by atoms with Gasteiger partial charge in [-0.05, 0) is 18.2 Å². The van der Waals surface area contributed by atoms with Gasteiger partial charge < -0.3 is 5.32 Å². The van der Waals surface area contributed by atoms with Crippen LogP contribution in [0.2, 0.25) is 5.02 Å². The third-order valence-corrected chi connectivity index (χ3v) is 3.28. The second-order valence-electron chi connectivity index (χ2n) is 4.73. The van der Waals surface area contributed by atoms with Crippen LogP contribution in [0, 0.1) is 0 Å². The van der Waals surface area contributed by atoms with E-state index in [0.29, 0.717) is 16.3 Å². The van der Waals surface area contributed by atoms with E-state index in [9.17, 15) is 9.59 Å². The summed E-state index contributed by atoms with van der Waals surface area (Å²) in [5.74, 6) is -0.557.